The summed E-state index contributed by atoms with van der Waals surface area (Å²) in [6.07, 6.45) is 4.14. The molecule has 4 heterocycles. The Morgan fingerprint density at radius 2 is 1.73 bits per heavy atom. The van der Waals surface area contributed by atoms with E-state index in [-0.39, 0.29) is 5.91 Å². The molecule has 0 aliphatic carbocycles. The smallest absolute Gasteiger partial charge is 0.253 e. The summed E-state index contributed by atoms with van der Waals surface area (Å²) in [6, 6.07) is 16.6. The molecule has 6 rings (SSSR count). The van der Waals surface area contributed by atoms with Crippen LogP contribution in [-0.2, 0) is 0 Å². The molecule has 4 aromatic rings. The van der Waals surface area contributed by atoms with Crippen molar-refractivity contribution in [2.24, 2.45) is 0 Å². The number of aliphatic hydroxyl groups is 1. The van der Waals surface area contributed by atoms with Gasteiger partial charge in [0, 0.05) is 79.4 Å². The first-order valence-electron chi connectivity index (χ1n) is 13.1. The summed E-state index contributed by atoms with van der Waals surface area (Å²) in [7, 11) is 2.18. The van der Waals surface area contributed by atoms with E-state index in [9.17, 15) is 9.90 Å². The zero-order valence-electron chi connectivity index (χ0n) is 21.4. The summed E-state index contributed by atoms with van der Waals surface area (Å²) in [5.74, 6) is -0.0265. The van der Waals surface area contributed by atoms with E-state index in [4.69, 9.17) is 4.98 Å². The number of likely N-dealkylation sites (N-methyl/N-ethyl adjacent to an activating group) is 1. The van der Waals surface area contributed by atoms with Crippen molar-refractivity contribution in [1.29, 1.82) is 0 Å². The van der Waals surface area contributed by atoms with E-state index in [1.807, 2.05) is 36.7 Å². The van der Waals surface area contributed by atoms with Gasteiger partial charge >= 0.3 is 0 Å². The lowest BCUT2D eigenvalue weighted by Gasteiger charge is -2.35. The number of aryl methyl sites for hydroxylation is 1. The van der Waals surface area contributed by atoms with Gasteiger partial charge in [0.15, 0.2) is 0 Å². The molecule has 2 N–H and O–H groups in total. The van der Waals surface area contributed by atoms with Crippen LogP contribution in [0.5, 0.6) is 0 Å². The first-order chi connectivity index (χ1) is 18.0. The number of aliphatic hydroxyl groups excluding tert-OH is 1. The van der Waals surface area contributed by atoms with Gasteiger partial charge in [-0.3, -0.25) is 4.79 Å². The Balaban J connectivity index is 1.26. The molecule has 7 heteroatoms. The lowest BCUT2D eigenvalue weighted by Crippen LogP contribution is -2.44. The van der Waals surface area contributed by atoms with Crippen LogP contribution < -0.4 is 4.90 Å². The topological polar surface area (TPSA) is 75.7 Å². The van der Waals surface area contributed by atoms with Crippen LogP contribution in [0.15, 0.2) is 60.9 Å². The summed E-state index contributed by atoms with van der Waals surface area (Å²) in [5, 5.41) is 10.8. The molecule has 37 heavy (non-hydrogen) atoms. The minimum Gasteiger partial charge on any atom is -0.391 e. The Morgan fingerprint density at radius 1 is 0.973 bits per heavy atom. The molecule has 190 valence electrons. The highest BCUT2D eigenvalue weighted by Crippen LogP contribution is 2.33. The van der Waals surface area contributed by atoms with Crippen LogP contribution in [0.1, 0.15) is 22.3 Å². The van der Waals surface area contributed by atoms with Crippen LogP contribution >= 0.6 is 0 Å². The van der Waals surface area contributed by atoms with E-state index < -0.39 is 6.10 Å². The van der Waals surface area contributed by atoms with E-state index in [1.54, 1.807) is 4.90 Å². The highest BCUT2D eigenvalue weighted by atomic mass is 16.3. The number of hydrogen-bond donors (Lipinski definition) is 2. The average molecular weight is 496 g/mol. The van der Waals surface area contributed by atoms with Gasteiger partial charge in [-0.05, 0) is 67.4 Å². The number of H-pyrrole nitrogens is 1. The first-order valence-corrected chi connectivity index (χ1v) is 13.1. The maximum Gasteiger partial charge on any atom is 0.253 e. The van der Waals surface area contributed by atoms with Gasteiger partial charge < -0.3 is 24.8 Å². The van der Waals surface area contributed by atoms with Gasteiger partial charge in [0.2, 0.25) is 0 Å². The summed E-state index contributed by atoms with van der Waals surface area (Å²) < 4.78 is 0. The molecule has 0 bridgehead atoms. The van der Waals surface area contributed by atoms with Gasteiger partial charge in [0.05, 0.1) is 6.10 Å². The Morgan fingerprint density at radius 3 is 2.43 bits per heavy atom. The Hall–Kier alpha value is -3.68. The van der Waals surface area contributed by atoms with Gasteiger partial charge in [-0.15, -0.1) is 0 Å². The molecule has 1 atom stereocenters. The lowest BCUT2D eigenvalue weighted by atomic mass is 9.99. The molecule has 2 aromatic heterocycles. The quantitative estimate of drug-likeness (QED) is 0.445. The van der Waals surface area contributed by atoms with Gasteiger partial charge in [0.1, 0.15) is 5.65 Å². The second kappa shape index (κ2) is 9.65. The highest BCUT2D eigenvalue weighted by Gasteiger charge is 2.25. The summed E-state index contributed by atoms with van der Waals surface area (Å²) in [5.41, 5.74) is 8.42. The standard InChI is InChI=1S/C30H33N5O2/c1-20-15-23(7-8-28(20)34-13-11-33(2)12-14-34)24-16-26-27(18-32-29(26)31-17-24)21-3-5-22(6-4-21)30(37)35-10-9-25(36)19-35/h3-8,15-18,25,36H,9-14,19H2,1-2H3,(H,31,32)/t25-/m0/s1. The van der Waals surface area contributed by atoms with Crippen LogP contribution in [-0.4, -0.2) is 83.2 Å². The van der Waals surface area contributed by atoms with Crippen molar-refractivity contribution in [3.05, 3.63) is 72.1 Å². The normalized spacial score (nSPS) is 18.6. The number of pyridine rings is 1. The number of piperazine rings is 1. The SMILES string of the molecule is Cc1cc(-c2cnc3[nH]cc(-c4ccc(C(=O)N5CC[C@H](O)C5)cc4)c3c2)ccc1N1CCN(C)CC1. The second-order valence-corrected chi connectivity index (χ2v) is 10.4. The molecular formula is C30H33N5O2. The highest BCUT2D eigenvalue weighted by molar-refractivity contribution is 5.98. The van der Waals surface area contributed by atoms with Crippen molar-refractivity contribution in [2.75, 3.05) is 51.2 Å². The zero-order chi connectivity index (χ0) is 25.5. The Bertz CT molecular complexity index is 1440. The van der Waals surface area contributed by atoms with Crippen molar-refractivity contribution < 1.29 is 9.90 Å². The maximum absolute atomic E-state index is 12.8. The van der Waals surface area contributed by atoms with Crippen LogP contribution in [0.25, 0.3) is 33.3 Å². The van der Waals surface area contributed by atoms with Crippen LogP contribution in [0.2, 0.25) is 0 Å². The zero-order valence-corrected chi connectivity index (χ0v) is 21.4. The minimum atomic E-state index is -0.414. The van der Waals surface area contributed by atoms with Crippen LogP contribution in [0.3, 0.4) is 0 Å². The summed E-state index contributed by atoms with van der Waals surface area (Å²) in [4.78, 5) is 27.3. The minimum absolute atomic E-state index is 0.0265. The van der Waals surface area contributed by atoms with Crippen LogP contribution in [0, 0.1) is 6.92 Å². The molecule has 0 saturated carbocycles. The Labute approximate surface area is 217 Å². The van der Waals surface area contributed by atoms with Crippen molar-refractivity contribution in [3.63, 3.8) is 0 Å². The molecule has 0 unspecified atom stereocenters. The first kappa shape index (κ1) is 23.7. The number of benzene rings is 2. The molecular weight excluding hydrogens is 462 g/mol. The summed E-state index contributed by atoms with van der Waals surface area (Å²) >= 11 is 0. The van der Waals surface area contributed by atoms with E-state index in [2.05, 4.69) is 53.0 Å². The maximum atomic E-state index is 12.8. The monoisotopic (exact) mass is 495 g/mol. The number of aromatic nitrogens is 2. The number of rotatable bonds is 4. The number of likely N-dealkylation sites (tertiary alicyclic amines) is 1. The van der Waals surface area contributed by atoms with E-state index in [1.165, 1.54) is 11.3 Å². The molecule has 2 fully saturated rings. The second-order valence-electron chi connectivity index (χ2n) is 10.4. The van der Waals surface area contributed by atoms with Crippen molar-refractivity contribution >= 4 is 22.6 Å². The van der Waals surface area contributed by atoms with Gasteiger partial charge in [-0.1, -0.05) is 18.2 Å². The fourth-order valence-corrected chi connectivity index (χ4v) is 5.54. The molecule has 2 saturated heterocycles. The van der Waals surface area contributed by atoms with Gasteiger partial charge in [-0.2, -0.15) is 0 Å². The molecule has 2 aromatic carbocycles. The molecule has 0 spiro atoms. The fraction of sp³-hybridized carbons (Fsp3) is 0.333. The van der Waals surface area contributed by atoms with Gasteiger partial charge in [0.25, 0.3) is 5.91 Å². The van der Waals surface area contributed by atoms with Gasteiger partial charge in [-0.25, -0.2) is 4.98 Å². The number of β-amino-alcohol motifs (C(OH)–C–C–N with tert-alkyl or cyclic N) is 1. The number of anilines is 1. The van der Waals surface area contributed by atoms with E-state index in [0.29, 0.717) is 25.1 Å². The largest absolute Gasteiger partial charge is 0.391 e. The predicted molar refractivity (Wildman–Crippen MR) is 148 cm³/mol. The lowest BCUT2D eigenvalue weighted by molar-refractivity contribution is 0.0765. The number of carbonyl (C=O) groups is 1. The van der Waals surface area contributed by atoms with E-state index >= 15 is 0 Å². The van der Waals surface area contributed by atoms with Crippen molar-refractivity contribution in [3.8, 4) is 22.3 Å². The molecule has 1 amide bonds. The van der Waals surface area contributed by atoms with Crippen molar-refractivity contribution in [1.82, 2.24) is 19.8 Å². The third-order valence-corrected chi connectivity index (χ3v) is 7.80. The number of amides is 1. The average Bonchev–Trinajstić information content (AvgIpc) is 3.55. The molecule has 0 radical (unpaired) electrons. The third-order valence-electron chi connectivity index (χ3n) is 7.80. The van der Waals surface area contributed by atoms with Crippen molar-refractivity contribution in [2.45, 2.75) is 19.4 Å². The molecule has 2 aliphatic rings. The number of aromatic amines is 1. The fourth-order valence-electron chi connectivity index (χ4n) is 5.54. The number of fused-ring (bicyclic) bond motifs is 1. The molecule has 7 nitrogen and oxygen atoms in total. The Kier molecular flexibility index (Phi) is 6.18. The number of hydrogen-bond acceptors (Lipinski definition) is 5. The number of carbonyl (C=O) groups excluding carboxylic acids is 1. The van der Waals surface area contributed by atoms with E-state index in [0.717, 1.165) is 59.5 Å². The summed E-state index contributed by atoms with van der Waals surface area (Å²) in [6.45, 7) is 7.50. The van der Waals surface area contributed by atoms with Crippen LogP contribution in [0.4, 0.5) is 5.69 Å². The number of nitrogens with one attached hydrogen (secondary N) is 1. The molecule has 2 aliphatic heterocycles. The number of nitrogens with zero attached hydrogens (tertiary/aromatic N) is 4. The third kappa shape index (κ3) is 4.61. The predicted octanol–water partition coefficient (Wildman–Crippen LogP) is 4.16.